The van der Waals surface area contributed by atoms with Gasteiger partial charge in [-0.05, 0) is 38.1 Å². The number of rotatable bonds is 8. The fourth-order valence-corrected chi connectivity index (χ4v) is 6.24. The summed E-state index contributed by atoms with van der Waals surface area (Å²) in [6.45, 7) is 4.83. The fourth-order valence-electron chi connectivity index (χ4n) is 3.30. The first-order chi connectivity index (χ1) is 16.1. The van der Waals surface area contributed by atoms with Crippen molar-refractivity contribution in [2.75, 3.05) is 12.1 Å². The Morgan fingerprint density at radius 1 is 1.21 bits per heavy atom. The van der Waals surface area contributed by atoms with Crippen molar-refractivity contribution in [3.8, 4) is 11.5 Å². The predicted molar refractivity (Wildman–Crippen MR) is 131 cm³/mol. The summed E-state index contributed by atoms with van der Waals surface area (Å²) in [7, 11) is 0. The average molecular weight is 500 g/mol. The van der Waals surface area contributed by atoms with Crippen molar-refractivity contribution in [2.45, 2.75) is 40.9 Å². The third kappa shape index (κ3) is 4.80. The molecule has 0 saturated heterocycles. The molecule has 0 radical (unpaired) electrons. The van der Waals surface area contributed by atoms with Crippen LogP contribution in [0, 0.1) is 0 Å². The van der Waals surface area contributed by atoms with Gasteiger partial charge in [-0.25, -0.2) is 4.98 Å². The molecule has 1 aliphatic rings. The SMILES string of the molecule is CCn1c(CSc2nc3ccccc3s2)nnc1SC(C)C(=O)Nc1ccc2c(c1)OCO2. The number of carbonyl (C=O) groups is 1. The minimum absolute atomic E-state index is 0.116. The summed E-state index contributed by atoms with van der Waals surface area (Å²) in [6.07, 6.45) is 0. The van der Waals surface area contributed by atoms with Gasteiger partial charge < -0.3 is 19.4 Å². The van der Waals surface area contributed by atoms with Gasteiger partial charge in [0, 0.05) is 18.3 Å². The Labute approximate surface area is 203 Å². The Hall–Kier alpha value is -2.76. The molecule has 1 unspecified atom stereocenters. The summed E-state index contributed by atoms with van der Waals surface area (Å²) in [4.78, 5) is 17.4. The number of nitrogens with zero attached hydrogens (tertiary/aromatic N) is 4. The quantitative estimate of drug-likeness (QED) is 0.337. The van der Waals surface area contributed by atoms with Gasteiger partial charge in [-0.15, -0.1) is 21.5 Å². The molecule has 33 heavy (non-hydrogen) atoms. The third-order valence-electron chi connectivity index (χ3n) is 5.00. The van der Waals surface area contributed by atoms with Crippen molar-refractivity contribution < 1.29 is 14.3 Å². The summed E-state index contributed by atoms with van der Waals surface area (Å²) in [5.41, 5.74) is 1.68. The van der Waals surface area contributed by atoms with E-state index >= 15 is 0 Å². The standard InChI is InChI=1S/C22H21N5O3S3/c1-3-27-19(11-31-22-24-15-6-4-5-7-18(15)33-22)25-26-21(27)32-13(2)20(28)23-14-8-9-16-17(10-14)30-12-29-16/h4-10,13H,3,11-12H2,1-2H3,(H,23,28). The number of ether oxygens (including phenoxy) is 2. The number of nitrogens with one attached hydrogen (secondary N) is 1. The number of thioether (sulfide) groups is 2. The number of anilines is 1. The molecule has 4 aromatic rings. The Bertz CT molecular complexity index is 1270. The molecule has 0 saturated carbocycles. The second kappa shape index (κ2) is 9.62. The highest BCUT2D eigenvalue weighted by atomic mass is 32.2. The molecule has 170 valence electrons. The Morgan fingerprint density at radius 3 is 2.91 bits per heavy atom. The van der Waals surface area contributed by atoms with Gasteiger partial charge in [0.15, 0.2) is 21.0 Å². The molecule has 8 nitrogen and oxygen atoms in total. The molecular weight excluding hydrogens is 478 g/mol. The number of aromatic nitrogens is 4. The lowest BCUT2D eigenvalue weighted by molar-refractivity contribution is -0.115. The maximum atomic E-state index is 12.7. The van der Waals surface area contributed by atoms with E-state index in [-0.39, 0.29) is 18.0 Å². The van der Waals surface area contributed by atoms with Gasteiger partial charge in [0.1, 0.15) is 5.82 Å². The maximum absolute atomic E-state index is 12.7. The van der Waals surface area contributed by atoms with Crippen molar-refractivity contribution in [1.82, 2.24) is 19.7 Å². The van der Waals surface area contributed by atoms with Crippen LogP contribution >= 0.6 is 34.9 Å². The lowest BCUT2D eigenvalue weighted by atomic mass is 10.2. The first kappa shape index (κ1) is 22.1. The number of benzene rings is 2. The molecule has 0 bridgehead atoms. The third-order valence-corrected chi connectivity index (χ3v) is 8.26. The van der Waals surface area contributed by atoms with E-state index in [4.69, 9.17) is 9.47 Å². The van der Waals surface area contributed by atoms with Crippen LogP contribution in [-0.2, 0) is 17.1 Å². The van der Waals surface area contributed by atoms with Gasteiger partial charge in [-0.3, -0.25) is 4.79 Å². The molecule has 0 fully saturated rings. The van der Waals surface area contributed by atoms with Crippen molar-refractivity contribution in [3.63, 3.8) is 0 Å². The zero-order valence-electron chi connectivity index (χ0n) is 18.0. The molecule has 0 aliphatic carbocycles. The lowest BCUT2D eigenvalue weighted by Crippen LogP contribution is -2.23. The van der Waals surface area contributed by atoms with E-state index in [1.54, 1.807) is 41.3 Å². The van der Waals surface area contributed by atoms with Crippen LogP contribution < -0.4 is 14.8 Å². The summed E-state index contributed by atoms with van der Waals surface area (Å²) >= 11 is 4.72. The van der Waals surface area contributed by atoms with Crippen LogP contribution in [0.4, 0.5) is 5.69 Å². The molecular formula is C22H21N5O3S3. The summed E-state index contributed by atoms with van der Waals surface area (Å²) in [5.74, 6) is 2.73. The molecule has 3 heterocycles. The highest BCUT2D eigenvalue weighted by molar-refractivity contribution is 8.00. The van der Waals surface area contributed by atoms with Crippen molar-refractivity contribution >= 4 is 56.7 Å². The van der Waals surface area contributed by atoms with Crippen LogP contribution in [0.1, 0.15) is 19.7 Å². The van der Waals surface area contributed by atoms with E-state index in [1.165, 1.54) is 16.5 Å². The van der Waals surface area contributed by atoms with Crippen molar-refractivity contribution in [3.05, 3.63) is 48.3 Å². The highest BCUT2D eigenvalue weighted by Crippen LogP contribution is 2.35. The van der Waals surface area contributed by atoms with Crippen molar-refractivity contribution in [1.29, 1.82) is 0 Å². The number of fused-ring (bicyclic) bond motifs is 2. The van der Waals surface area contributed by atoms with Gasteiger partial charge in [0.25, 0.3) is 0 Å². The van der Waals surface area contributed by atoms with Crippen LogP contribution in [0.5, 0.6) is 11.5 Å². The maximum Gasteiger partial charge on any atom is 0.237 e. The van der Waals surface area contributed by atoms with E-state index in [1.807, 2.05) is 25.1 Å². The minimum Gasteiger partial charge on any atom is -0.454 e. The van der Waals surface area contributed by atoms with Crippen LogP contribution in [0.2, 0.25) is 0 Å². The number of thiazole rings is 1. The minimum atomic E-state index is -0.352. The van der Waals surface area contributed by atoms with E-state index in [0.29, 0.717) is 22.9 Å². The van der Waals surface area contributed by atoms with E-state index in [9.17, 15) is 4.79 Å². The molecule has 2 aromatic heterocycles. The smallest absolute Gasteiger partial charge is 0.237 e. The molecule has 5 rings (SSSR count). The second-order valence-electron chi connectivity index (χ2n) is 7.20. The van der Waals surface area contributed by atoms with Crippen LogP contribution in [0.25, 0.3) is 10.2 Å². The number of hydrogen-bond acceptors (Lipinski definition) is 9. The van der Waals surface area contributed by atoms with Gasteiger partial charge in [0.2, 0.25) is 12.7 Å². The number of hydrogen-bond donors (Lipinski definition) is 1. The summed E-state index contributed by atoms with van der Waals surface area (Å²) < 4.78 is 14.9. The monoisotopic (exact) mass is 499 g/mol. The molecule has 2 aromatic carbocycles. The zero-order chi connectivity index (χ0) is 22.8. The average Bonchev–Trinajstić information content (AvgIpc) is 3.54. The topological polar surface area (TPSA) is 91.2 Å². The number of para-hydroxylation sites is 1. The first-order valence-electron chi connectivity index (χ1n) is 10.4. The highest BCUT2D eigenvalue weighted by Gasteiger charge is 2.21. The molecule has 1 aliphatic heterocycles. The van der Waals surface area contributed by atoms with E-state index < -0.39 is 0 Å². The molecule has 1 N–H and O–H groups in total. The largest absolute Gasteiger partial charge is 0.454 e. The van der Waals surface area contributed by atoms with Gasteiger partial charge >= 0.3 is 0 Å². The van der Waals surface area contributed by atoms with Crippen molar-refractivity contribution in [2.24, 2.45) is 0 Å². The Balaban J connectivity index is 1.22. The van der Waals surface area contributed by atoms with Crippen LogP contribution in [0.15, 0.2) is 52.0 Å². The summed E-state index contributed by atoms with van der Waals surface area (Å²) in [6, 6.07) is 13.5. The number of carbonyl (C=O) groups excluding carboxylic acids is 1. The zero-order valence-corrected chi connectivity index (χ0v) is 20.4. The lowest BCUT2D eigenvalue weighted by Gasteiger charge is -2.13. The number of amides is 1. The van der Waals surface area contributed by atoms with Crippen LogP contribution in [0.3, 0.4) is 0 Å². The van der Waals surface area contributed by atoms with Crippen LogP contribution in [-0.4, -0.2) is 37.7 Å². The molecule has 0 spiro atoms. The van der Waals surface area contributed by atoms with E-state index in [2.05, 4.69) is 38.1 Å². The Morgan fingerprint density at radius 2 is 2.06 bits per heavy atom. The molecule has 1 amide bonds. The second-order valence-corrected chi connectivity index (χ2v) is 10.8. The fraction of sp³-hybridized carbons (Fsp3) is 0.273. The Kier molecular flexibility index (Phi) is 6.43. The van der Waals surface area contributed by atoms with Gasteiger partial charge in [0.05, 0.1) is 21.2 Å². The molecule has 1 atom stereocenters. The summed E-state index contributed by atoms with van der Waals surface area (Å²) in [5, 5.41) is 12.0. The first-order valence-corrected chi connectivity index (χ1v) is 13.1. The van der Waals surface area contributed by atoms with E-state index in [0.717, 1.165) is 27.4 Å². The van der Waals surface area contributed by atoms with Gasteiger partial charge in [-0.2, -0.15) is 0 Å². The predicted octanol–water partition coefficient (Wildman–Crippen LogP) is 5.05. The molecule has 11 heteroatoms. The van der Waals surface area contributed by atoms with Gasteiger partial charge in [-0.1, -0.05) is 35.7 Å². The normalized spacial score (nSPS) is 13.4.